The molecule has 1 aromatic rings. The summed E-state index contributed by atoms with van der Waals surface area (Å²) in [6.07, 6.45) is 1.88. The fourth-order valence-electron chi connectivity index (χ4n) is 2.63. The third-order valence-corrected chi connectivity index (χ3v) is 3.87. The average molecular weight is 262 g/mol. The lowest BCUT2D eigenvalue weighted by Gasteiger charge is -2.23. The Hall–Kier alpha value is -0.900. The van der Waals surface area contributed by atoms with Gasteiger partial charge >= 0.3 is 0 Å². The molecule has 1 fully saturated rings. The van der Waals surface area contributed by atoms with Gasteiger partial charge in [0.25, 0.3) is 0 Å². The van der Waals surface area contributed by atoms with E-state index >= 15 is 0 Å². The lowest BCUT2D eigenvalue weighted by Crippen LogP contribution is -2.35. The monoisotopic (exact) mass is 262 g/mol. The van der Waals surface area contributed by atoms with Crippen LogP contribution in [0.5, 0.6) is 0 Å². The summed E-state index contributed by atoms with van der Waals surface area (Å²) in [5, 5.41) is 9.75. The number of β-amino-alcohol motifs (C(OH)–C–C–N with tert-alkyl or cyclic N) is 1. The zero-order valence-corrected chi connectivity index (χ0v) is 12.0. The van der Waals surface area contributed by atoms with Crippen molar-refractivity contribution in [2.24, 2.45) is 0 Å². The Kier molecular flexibility index (Phi) is 5.83. The average Bonchev–Trinajstić information content (AvgIpc) is 2.65. The van der Waals surface area contributed by atoms with E-state index in [4.69, 9.17) is 0 Å². The normalized spacial score (nSPS) is 20.1. The minimum atomic E-state index is -0.166. The molecule has 1 heterocycles. The molecule has 106 valence electrons. The predicted octanol–water partition coefficient (Wildman–Crippen LogP) is 1.97. The lowest BCUT2D eigenvalue weighted by atomic mass is 10.2. The number of rotatable bonds is 5. The first-order valence-corrected chi connectivity index (χ1v) is 7.44. The van der Waals surface area contributed by atoms with E-state index in [1.54, 1.807) is 0 Å². The Morgan fingerprint density at radius 2 is 1.74 bits per heavy atom. The third-order valence-electron chi connectivity index (χ3n) is 3.87. The number of nitrogens with zero attached hydrogens (tertiary/aromatic N) is 2. The maximum atomic E-state index is 9.75. The Morgan fingerprint density at radius 3 is 2.47 bits per heavy atom. The van der Waals surface area contributed by atoms with Gasteiger partial charge in [0.05, 0.1) is 6.10 Å². The molecule has 1 aliphatic heterocycles. The quantitative estimate of drug-likeness (QED) is 0.879. The Bertz CT molecular complexity index is 355. The van der Waals surface area contributed by atoms with E-state index < -0.39 is 0 Å². The summed E-state index contributed by atoms with van der Waals surface area (Å²) in [5.41, 5.74) is 1.39. The van der Waals surface area contributed by atoms with Crippen molar-refractivity contribution in [1.82, 2.24) is 9.80 Å². The van der Waals surface area contributed by atoms with Gasteiger partial charge in [-0.15, -0.1) is 0 Å². The minimum Gasteiger partial charge on any atom is -0.392 e. The first-order chi connectivity index (χ1) is 9.28. The van der Waals surface area contributed by atoms with Crippen molar-refractivity contribution in [2.45, 2.75) is 32.4 Å². The zero-order valence-electron chi connectivity index (χ0n) is 12.0. The number of aliphatic hydroxyl groups excluding tert-OH is 1. The van der Waals surface area contributed by atoms with Gasteiger partial charge in [-0.1, -0.05) is 37.3 Å². The van der Waals surface area contributed by atoms with Crippen molar-refractivity contribution in [3.05, 3.63) is 35.9 Å². The van der Waals surface area contributed by atoms with E-state index in [9.17, 15) is 5.11 Å². The van der Waals surface area contributed by atoms with Crippen LogP contribution in [0.15, 0.2) is 30.3 Å². The maximum absolute atomic E-state index is 9.75. The molecule has 1 saturated heterocycles. The van der Waals surface area contributed by atoms with E-state index in [2.05, 4.69) is 40.1 Å². The van der Waals surface area contributed by atoms with Gasteiger partial charge in [0.15, 0.2) is 0 Å². The fourth-order valence-corrected chi connectivity index (χ4v) is 2.63. The molecule has 19 heavy (non-hydrogen) atoms. The van der Waals surface area contributed by atoms with E-state index in [1.165, 1.54) is 12.0 Å². The second kappa shape index (κ2) is 7.63. The van der Waals surface area contributed by atoms with Crippen molar-refractivity contribution < 1.29 is 5.11 Å². The summed E-state index contributed by atoms with van der Waals surface area (Å²) in [4.78, 5) is 4.92. The van der Waals surface area contributed by atoms with Gasteiger partial charge in [-0.05, 0) is 31.5 Å². The van der Waals surface area contributed by atoms with Crippen molar-refractivity contribution in [1.29, 1.82) is 0 Å². The molecular weight excluding hydrogens is 236 g/mol. The van der Waals surface area contributed by atoms with Gasteiger partial charge in [-0.2, -0.15) is 0 Å². The van der Waals surface area contributed by atoms with Crippen LogP contribution in [0.4, 0.5) is 0 Å². The zero-order chi connectivity index (χ0) is 13.5. The molecule has 2 rings (SSSR count). The molecule has 0 bridgehead atoms. The van der Waals surface area contributed by atoms with E-state index in [0.29, 0.717) is 0 Å². The summed E-state index contributed by atoms with van der Waals surface area (Å²) in [7, 11) is 0. The van der Waals surface area contributed by atoms with Crippen LogP contribution in [-0.4, -0.2) is 53.7 Å². The summed E-state index contributed by atoms with van der Waals surface area (Å²) < 4.78 is 0. The molecule has 1 aromatic carbocycles. The van der Waals surface area contributed by atoms with Crippen LogP contribution in [-0.2, 0) is 6.54 Å². The highest BCUT2D eigenvalue weighted by Gasteiger charge is 2.16. The van der Waals surface area contributed by atoms with E-state index in [1.807, 2.05) is 6.92 Å². The Labute approximate surface area is 116 Å². The van der Waals surface area contributed by atoms with Crippen LogP contribution in [0, 0.1) is 0 Å². The molecule has 1 atom stereocenters. The Morgan fingerprint density at radius 1 is 1.05 bits per heavy atom. The van der Waals surface area contributed by atoms with Crippen LogP contribution in [0.2, 0.25) is 0 Å². The van der Waals surface area contributed by atoms with Crippen molar-refractivity contribution in [3.63, 3.8) is 0 Å². The van der Waals surface area contributed by atoms with Gasteiger partial charge < -0.3 is 5.11 Å². The molecule has 3 nitrogen and oxygen atoms in total. The molecule has 0 aliphatic carbocycles. The maximum Gasteiger partial charge on any atom is 0.0664 e. The second-order valence-electron chi connectivity index (χ2n) is 5.48. The molecule has 0 aromatic heterocycles. The van der Waals surface area contributed by atoms with Gasteiger partial charge in [0.1, 0.15) is 0 Å². The molecule has 3 heteroatoms. The van der Waals surface area contributed by atoms with Crippen molar-refractivity contribution in [3.8, 4) is 0 Å². The van der Waals surface area contributed by atoms with Gasteiger partial charge in [0.2, 0.25) is 0 Å². The fraction of sp³-hybridized carbons (Fsp3) is 0.625. The van der Waals surface area contributed by atoms with E-state index in [0.717, 1.165) is 45.7 Å². The number of hydrogen-bond acceptors (Lipinski definition) is 3. The molecule has 1 aliphatic rings. The highest BCUT2D eigenvalue weighted by Crippen LogP contribution is 2.09. The van der Waals surface area contributed by atoms with Gasteiger partial charge in [0, 0.05) is 26.2 Å². The largest absolute Gasteiger partial charge is 0.392 e. The molecular formula is C16H26N2O. The standard InChI is InChI=1S/C16H26N2O/c1-2-16(19)14-18-10-6-9-17(11-12-18)13-15-7-4-3-5-8-15/h3-5,7-8,16,19H,2,6,9-14H2,1H3/t16-/m1/s1. The van der Waals surface area contributed by atoms with Crippen LogP contribution < -0.4 is 0 Å². The van der Waals surface area contributed by atoms with Gasteiger partial charge in [-0.25, -0.2) is 0 Å². The highest BCUT2D eigenvalue weighted by molar-refractivity contribution is 5.14. The molecule has 1 N–H and O–H groups in total. The van der Waals surface area contributed by atoms with Crippen LogP contribution in [0.1, 0.15) is 25.3 Å². The molecule has 0 amide bonds. The van der Waals surface area contributed by atoms with Crippen molar-refractivity contribution in [2.75, 3.05) is 32.7 Å². The van der Waals surface area contributed by atoms with Crippen LogP contribution in [0.3, 0.4) is 0 Å². The van der Waals surface area contributed by atoms with Gasteiger partial charge in [-0.3, -0.25) is 9.80 Å². The summed E-state index contributed by atoms with van der Waals surface area (Å²) >= 11 is 0. The molecule has 0 radical (unpaired) electrons. The smallest absolute Gasteiger partial charge is 0.0664 e. The number of benzene rings is 1. The van der Waals surface area contributed by atoms with E-state index in [-0.39, 0.29) is 6.10 Å². The third kappa shape index (κ3) is 4.94. The minimum absolute atomic E-state index is 0.166. The summed E-state index contributed by atoms with van der Waals surface area (Å²) in [6, 6.07) is 10.7. The molecule has 0 saturated carbocycles. The summed E-state index contributed by atoms with van der Waals surface area (Å²) in [5.74, 6) is 0. The topological polar surface area (TPSA) is 26.7 Å². The number of hydrogen-bond donors (Lipinski definition) is 1. The SMILES string of the molecule is CC[C@@H](O)CN1CCCN(Cc2ccccc2)CC1. The molecule has 0 unspecified atom stereocenters. The first-order valence-electron chi connectivity index (χ1n) is 7.44. The second-order valence-corrected chi connectivity index (χ2v) is 5.48. The Balaban J connectivity index is 1.80. The van der Waals surface area contributed by atoms with Crippen LogP contribution >= 0.6 is 0 Å². The number of aliphatic hydroxyl groups is 1. The lowest BCUT2D eigenvalue weighted by molar-refractivity contribution is 0.111. The van der Waals surface area contributed by atoms with Crippen molar-refractivity contribution >= 4 is 0 Å². The summed E-state index contributed by atoms with van der Waals surface area (Å²) in [6.45, 7) is 8.37. The molecule has 0 spiro atoms. The highest BCUT2D eigenvalue weighted by atomic mass is 16.3. The van der Waals surface area contributed by atoms with Crippen LogP contribution in [0.25, 0.3) is 0 Å². The first kappa shape index (κ1) is 14.5. The predicted molar refractivity (Wildman–Crippen MR) is 79.1 cm³/mol.